The number of nitrogen functional groups attached to an aromatic ring is 1. The van der Waals surface area contributed by atoms with E-state index >= 15 is 0 Å². The first-order chi connectivity index (χ1) is 9.77. The van der Waals surface area contributed by atoms with E-state index in [9.17, 15) is 23.3 Å². The highest BCUT2D eigenvalue weighted by Gasteiger charge is 2.31. The van der Waals surface area contributed by atoms with Crippen molar-refractivity contribution in [2.24, 2.45) is 0 Å². The van der Waals surface area contributed by atoms with E-state index in [1.54, 1.807) is 0 Å². The van der Waals surface area contributed by atoms with Gasteiger partial charge in [0.15, 0.2) is 0 Å². The summed E-state index contributed by atoms with van der Waals surface area (Å²) < 4.78 is 42.7. The Morgan fingerprint density at radius 1 is 1.33 bits per heavy atom. The summed E-state index contributed by atoms with van der Waals surface area (Å²) in [4.78, 5) is 16.9. The standard InChI is InChI=1S/C11H7F3N4O3/c12-11(13,14)6-2-1-3-7(4-6)21-9-8(18(19)20)5-16-10(15)17-9/h1-5H,(H2,15,16,17). The molecule has 10 heteroatoms. The van der Waals surface area contributed by atoms with Gasteiger partial charge in [-0.3, -0.25) is 10.1 Å². The number of nitro groups is 1. The van der Waals surface area contributed by atoms with Gasteiger partial charge in [0, 0.05) is 0 Å². The quantitative estimate of drug-likeness (QED) is 0.690. The second-order valence-electron chi connectivity index (χ2n) is 3.80. The molecule has 0 saturated carbocycles. The summed E-state index contributed by atoms with van der Waals surface area (Å²) in [5.74, 6) is -1.10. The third-order valence-corrected chi connectivity index (χ3v) is 2.33. The van der Waals surface area contributed by atoms with Crippen LogP contribution in [-0.2, 0) is 6.18 Å². The molecule has 21 heavy (non-hydrogen) atoms. The van der Waals surface area contributed by atoms with E-state index in [1.807, 2.05) is 0 Å². The lowest BCUT2D eigenvalue weighted by molar-refractivity contribution is -0.386. The molecular weight excluding hydrogens is 293 g/mol. The van der Waals surface area contributed by atoms with Gasteiger partial charge in [0.25, 0.3) is 0 Å². The molecule has 0 saturated heterocycles. The Morgan fingerprint density at radius 2 is 2.05 bits per heavy atom. The van der Waals surface area contributed by atoms with E-state index in [0.717, 1.165) is 18.3 Å². The highest BCUT2D eigenvalue weighted by atomic mass is 19.4. The number of ether oxygens (including phenoxy) is 1. The molecule has 7 nitrogen and oxygen atoms in total. The molecule has 110 valence electrons. The van der Waals surface area contributed by atoms with Crippen LogP contribution in [0.15, 0.2) is 30.5 Å². The van der Waals surface area contributed by atoms with Gasteiger partial charge in [0.2, 0.25) is 5.95 Å². The van der Waals surface area contributed by atoms with Crippen molar-refractivity contribution < 1.29 is 22.8 Å². The van der Waals surface area contributed by atoms with Crippen molar-refractivity contribution in [2.75, 3.05) is 5.73 Å². The first-order valence-electron chi connectivity index (χ1n) is 5.39. The fourth-order valence-electron chi connectivity index (χ4n) is 1.42. The molecule has 0 amide bonds. The zero-order valence-corrected chi connectivity index (χ0v) is 10.2. The number of halogens is 3. The Kier molecular flexibility index (Phi) is 3.61. The van der Waals surface area contributed by atoms with Gasteiger partial charge in [0.05, 0.1) is 10.5 Å². The number of rotatable bonds is 3. The van der Waals surface area contributed by atoms with Gasteiger partial charge in [-0.15, -0.1) is 0 Å². The summed E-state index contributed by atoms with van der Waals surface area (Å²) in [7, 11) is 0. The molecule has 0 aliphatic carbocycles. The third kappa shape index (κ3) is 3.35. The number of hydrogen-bond donors (Lipinski definition) is 1. The van der Waals surface area contributed by atoms with Crippen LogP contribution >= 0.6 is 0 Å². The molecule has 0 unspecified atom stereocenters. The van der Waals surface area contributed by atoms with Gasteiger partial charge in [-0.05, 0) is 18.2 Å². The number of hydrogen-bond acceptors (Lipinski definition) is 6. The summed E-state index contributed by atoms with van der Waals surface area (Å²) in [6.45, 7) is 0. The van der Waals surface area contributed by atoms with Gasteiger partial charge in [-0.1, -0.05) is 6.07 Å². The average Bonchev–Trinajstić information content (AvgIpc) is 2.37. The average molecular weight is 300 g/mol. The molecule has 0 aliphatic rings. The smallest absolute Gasteiger partial charge is 0.416 e. The second kappa shape index (κ2) is 5.23. The van der Waals surface area contributed by atoms with E-state index in [2.05, 4.69) is 9.97 Å². The molecule has 2 aromatic rings. The highest BCUT2D eigenvalue weighted by molar-refractivity contribution is 5.44. The van der Waals surface area contributed by atoms with E-state index in [1.165, 1.54) is 6.07 Å². The molecule has 0 atom stereocenters. The van der Waals surface area contributed by atoms with Crippen LogP contribution in [0.5, 0.6) is 11.6 Å². The topological polar surface area (TPSA) is 104 Å². The fourth-order valence-corrected chi connectivity index (χ4v) is 1.42. The molecule has 2 rings (SSSR count). The van der Waals surface area contributed by atoms with Crippen LogP contribution in [0, 0.1) is 10.1 Å². The van der Waals surface area contributed by atoms with Crippen LogP contribution in [0.2, 0.25) is 0 Å². The molecule has 2 N–H and O–H groups in total. The van der Waals surface area contributed by atoms with Crippen LogP contribution in [-0.4, -0.2) is 14.9 Å². The van der Waals surface area contributed by atoms with Crippen molar-refractivity contribution in [3.05, 3.63) is 46.1 Å². The lowest BCUT2D eigenvalue weighted by Crippen LogP contribution is -2.05. The summed E-state index contributed by atoms with van der Waals surface area (Å²) >= 11 is 0. The van der Waals surface area contributed by atoms with Crippen molar-refractivity contribution in [3.8, 4) is 11.6 Å². The lowest BCUT2D eigenvalue weighted by atomic mass is 10.2. The number of nitrogens with zero attached hydrogens (tertiary/aromatic N) is 3. The van der Waals surface area contributed by atoms with Crippen LogP contribution in [0.3, 0.4) is 0 Å². The predicted molar refractivity (Wildman–Crippen MR) is 64.6 cm³/mol. The van der Waals surface area contributed by atoms with Gasteiger partial charge in [-0.2, -0.15) is 18.2 Å². The molecule has 1 aromatic heterocycles. The summed E-state index contributed by atoms with van der Waals surface area (Å²) in [5.41, 5.74) is 3.71. The van der Waals surface area contributed by atoms with Gasteiger partial charge < -0.3 is 10.5 Å². The minimum Gasteiger partial charge on any atom is -0.434 e. The van der Waals surface area contributed by atoms with Crippen molar-refractivity contribution in [1.29, 1.82) is 0 Å². The Balaban J connectivity index is 2.39. The molecule has 0 spiro atoms. The summed E-state index contributed by atoms with van der Waals surface area (Å²) in [5, 5.41) is 10.8. The van der Waals surface area contributed by atoms with E-state index in [0.29, 0.717) is 6.07 Å². The molecule has 0 fully saturated rings. The van der Waals surface area contributed by atoms with Gasteiger partial charge in [0.1, 0.15) is 11.9 Å². The summed E-state index contributed by atoms with van der Waals surface area (Å²) in [6.07, 6.45) is -3.75. The van der Waals surface area contributed by atoms with Crippen LogP contribution < -0.4 is 10.5 Å². The molecular formula is C11H7F3N4O3. The maximum atomic E-state index is 12.6. The second-order valence-corrected chi connectivity index (χ2v) is 3.80. The normalized spacial score (nSPS) is 11.2. The van der Waals surface area contributed by atoms with Crippen LogP contribution in [0.1, 0.15) is 5.56 Å². The van der Waals surface area contributed by atoms with E-state index in [4.69, 9.17) is 10.5 Å². The number of benzene rings is 1. The van der Waals surface area contributed by atoms with Crippen LogP contribution in [0.25, 0.3) is 0 Å². The maximum Gasteiger partial charge on any atom is 0.416 e. The molecule has 0 radical (unpaired) electrons. The minimum atomic E-state index is -4.56. The Bertz CT molecular complexity index is 691. The van der Waals surface area contributed by atoms with E-state index in [-0.39, 0.29) is 11.7 Å². The van der Waals surface area contributed by atoms with Crippen molar-refractivity contribution >= 4 is 11.6 Å². The molecule has 0 aliphatic heterocycles. The lowest BCUT2D eigenvalue weighted by Gasteiger charge is -2.09. The zero-order valence-electron chi connectivity index (χ0n) is 10.2. The van der Waals surface area contributed by atoms with E-state index < -0.39 is 28.2 Å². The Labute approximate surface area is 115 Å². The first kappa shape index (κ1) is 14.5. The number of alkyl halides is 3. The maximum absolute atomic E-state index is 12.6. The van der Waals surface area contributed by atoms with Gasteiger partial charge >= 0.3 is 17.7 Å². The molecule has 0 bridgehead atoms. The largest absolute Gasteiger partial charge is 0.434 e. The number of nitrogens with two attached hydrogens (primary N) is 1. The minimum absolute atomic E-state index is 0.258. The molecule has 1 heterocycles. The zero-order chi connectivity index (χ0) is 15.6. The monoisotopic (exact) mass is 300 g/mol. The Morgan fingerprint density at radius 3 is 2.67 bits per heavy atom. The SMILES string of the molecule is Nc1ncc([N+](=O)[O-])c(Oc2cccc(C(F)(F)F)c2)n1. The number of aromatic nitrogens is 2. The summed E-state index contributed by atoms with van der Waals surface area (Å²) in [6, 6.07) is 3.85. The predicted octanol–water partition coefficient (Wildman–Crippen LogP) is 2.78. The van der Waals surface area contributed by atoms with Crippen molar-refractivity contribution in [1.82, 2.24) is 9.97 Å². The number of anilines is 1. The highest BCUT2D eigenvalue weighted by Crippen LogP contribution is 2.34. The third-order valence-electron chi connectivity index (χ3n) is 2.33. The van der Waals surface area contributed by atoms with Gasteiger partial charge in [-0.25, -0.2) is 4.98 Å². The van der Waals surface area contributed by atoms with Crippen molar-refractivity contribution in [2.45, 2.75) is 6.18 Å². The van der Waals surface area contributed by atoms with Crippen molar-refractivity contribution in [3.63, 3.8) is 0 Å². The van der Waals surface area contributed by atoms with Crippen LogP contribution in [0.4, 0.5) is 24.8 Å². The fraction of sp³-hybridized carbons (Fsp3) is 0.0909. The molecule has 1 aromatic carbocycles. The Hall–Kier alpha value is -2.91. The first-order valence-corrected chi connectivity index (χ1v) is 5.39.